The maximum Gasteiger partial charge on any atom is 0.0880 e. The average Bonchev–Trinajstić information content (AvgIpc) is 1.59. The molecule has 2 aliphatic heterocycles. The quantitative estimate of drug-likeness (QED) is 0.413. The Labute approximate surface area is 43.1 Å². The van der Waals surface area contributed by atoms with E-state index in [4.69, 9.17) is 4.74 Å². The van der Waals surface area contributed by atoms with E-state index in [1.807, 2.05) is 0 Å². The monoisotopic (exact) mass is 99.1 g/mol. The number of ether oxygens (including phenoxy) is 1. The van der Waals surface area contributed by atoms with Gasteiger partial charge >= 0.3 is 0 Å². The van der Waals surface area contributed by atoms with Gasteiger partial charge in [-0.3, -0.25) is 4.90 Å². The number of rotatable bonds is 0. The second-order valence-electron chi connectivity index (χ2n) is 2.38. The van der Waals surface area contributed by atoms with E-state index in [9.17, 15) is 0 Å². The molecule has 2 fully saturated rings. The van der Waals surface area contributed by atoms with Crippen LogP contribution < -0.4 is 0 Å². The second kappa shape index (κ2) is 1.01. The highest BCUT2D eigenvalue weighted by Crippen LogP contribution is 2.27. The smallest absolute Gasteiger partial charge is 0.0880 e. The van der Waals surface area contributed by atoms with Crippen LogP contribution in [0.2, 0.25) is 0 Å². The highest BCUT2D eigenvalue weighted by atomic mass is 16.5. The van der Waals surface area contributed by atoms with E-state index in [0.29, 0.717) is 6.10 Å². The van der Waals surface area contributed by atoms with Crippen LogP contribution in [0.1, 0.15) is 0 Å². The van der Waals surface area contributed by atoms with Crippen LogP contribution in [0.3, 0.4) is 0 Å². The Morgan fingerprint density at radius 3 is 2.57 bits per heavy atom. The van der Waals surface area contributed by atoms with Crippen LogP contribution >= 0.6 is 0 Å². The number of hydrogen-bond donors (Lipinski definition) is 0. The van der Waals surface area contributed by atoms with E-state index in [0.717, 1.165) is 19.2 Å². The molecule has 0 radical (unpaired) electrons. The fourth-order valence-electron chi connectivity index (χ4n) is 1.19. The number of likely N-dealkylation sites (N-methyl/N-ethyl adjacent to an activating group) is 1. The zero-order valence-corrected chi connectivity index (χ0v) is 4.42. The fourth-order valence-corrected chi connectivity index (χ4v) is 1.19. The van der Waals surface area contributed by atoms with Crippen molar-refractivity contribution in [1.82, 2.24) is 4.90 Å². The minimum atomic E-state index is 0.616. The standard InChI is InChI=1S/C5H9NO/c1-6-2-5-4(6)3-7-5/h4-5H,2-3H2,1H3/t4-,5?/m0/s1. The van der Waals surface area contributed by atoms with Gasteiger partial charge in [-0.15, -0.1) is 0 Å². The third-order valence-corrected chi connectivity index (χ3v) is 1.94. The van der Waals surface area contributed by atoms with Crippen molar-refractivity contribution in [3.63, 3.8) is 0 Å². The van der Waals surface area contributed by atoms with Crippen molar-refractivity contribution in [3.8, 4) is 0 Å². The van der Waals surface area contributed by atoms with Crippen molar-refractivity contribution in [3.05, 3.63) is 0 Å². The molecule has 0 N–H and O–H groups in total. The van der Waals surface area contributed by atoms with Gasteiger partial charge < -0.3 is 4.74 Å². The van der Waals surface area contributed by atoms with E-state index >= 15 is 0 Å². The van der Waals surface area contributed by atoms with Gasteiger partial charge in [0.05, 0.1) is 18.8 Å². The van der Waals surface area contributed by atoms with Crippen LogP contribution in [-0.2, 0) is 4.74 Å². The highest BCUT2D eigenvalue weighted by Gasteiger charge is 2.44. The largest absolute Gasteiger partial charge is 0.373 e. The Balaban J connectivity index is 1.99. The molecule has 2 aliphatic rings. The van der Waals surface area contributed by atoms with Crippen molar-refractivity contribution in [2.75, 3.05) is 20.2 Å². The molecule has 2 rings (SSSR count). The summed E-state index contributed by atoms with van der Waals surface area (Å²) in [5.74, 6) is 0. The van der Waals surface area contributed by atoms with Crippen molar-refractivity contribution < 1.29 is 4.74 Å². The minimum Gasteiger partial charge on any atom is -0.373 e. The van der Waals surface area contributed by atoms with Gasteiger partial charge in [-0.05, 0) is 7.05 Å². The van der Waals surface area contributed by atoms with Crippen LogP contribution in [-0.4, -0.2) is 37.2 Å². The Morgan fingerprint density at radius 1 is 1.71 bits per heavy atom. The zero-order chi connectivity index (χ0) is 4.85. The molecule has 0 amide bonds. The summed E-state index contributed by atoms with van der Waals surface area (Å²) < 4.78 is 5.16. The molecular weight excluding hydrogens is 90.1 g/mol. The summed E-state index contributed by atoms with van der Waals surface area (Å²) in [5.41, 5.74) is 0. The third-order valence-electron chi connectivity index (χ3n) is 1.94. The molecule has 0 aliphatic carbocycles. The van der Waals surface area contributed by atoms with Crippen LogP contribution in [0.5, 0.6) is 0 Å². The summed E-state index contributed by atoms with van der Waals surface area (Å²) in [7, 11) is 2.14. The van der Waals surface area contributed by atoms with Gasteiger partial charge in [-0.25, -0.2) is 0 Å². The van der Waals surface area contributed by atoms with Gasteiger partial charge in [0.25, 0.3) is 0 Å². The van der Waals surface area contributed by atoms with Gasteiger partial charge in [-0.1, -0.05) is 0 Å². The zero-order valence-electron chi connectivity index (χ0n) is 4.42. The summed E-state index contributed by atoms with van der Waals surface area (Å²) in [6, 6.07) is 0.792. The molecule has 0 aromatic rings. The van der Waals surface area contributed by atoms with Gasteiger partial charge in [0.1, 0.15) is 0 Å². The van der Waals surface area contributed by atoms with Crippen molar-refractivity contribution >= 4 is 0 Å². The first-order chi connectivity index (χ1) is 3.38. The van der Waals surface area contributed by atoms with Crippen molar-refractivity contribution in [2.45, 2.75) is 12.1 Å². The Bertz CT molecular complexity index is 90.1. The second-order valence-corrected chi connectivity index (χ2v) is 2.38. The SMILES string of the molecule is CN1CC2OC[C@@H]21. The van der Waals surface area contributed by atoms with E-state index in [1.54, 1.807) is 0 Å². The summed E-state index contributed by atoms with van der Waals surface area (Å²) >= 11 is 0. The molecule has 0 bridgehead atoms. The van der Waals surface area contributed by atoms with Crippen LogP contribution in [0.4, 0.5) is 0 Å². The number of hydrogen-bond acceptors (Lipinski definition) is 2. The third kappa shape index (κ3) is 0.318. The van der Waals surface area contributed by atoms with Crippen LogP contribution in [0.25, 0.3) is 0 Å². The van der Waals surface area contributed by atoms with E-state index in [2.05, 4.69) is 11.9 Å². The molecule has 2 heteroatoms. The predicted molar refractivity (Wildman–Crippen MR) is 26.2 cm³/mol. The maximum absolute atomic E-state index is 5.16. The fraction of sp³-hybridized carbons (Fsp3) is 1.00. The summed E-state index contributed by atoms with van der Waals surface area (Å²) in [6.07, 6.45) is 0.616. The van der Waals surface area contributed by atoms with Crippen LogP contribution in [0.15, 0.2) is 0 Å². The van der Waals surface area contributed by atoms with Gasteiger partial charge in [0, 0.05) is 6.54 Å². The molecule has 0 spiro atoms. The first-order valence-corrected chi connectivity index (χ1v) is 2.70. The first-order valence-electron chi connectivity index (χ1n) is 2.70. The first kappa shape index (κ1) is 3.87. The number of fused-ring (bicyclic) bond motifs is 1. The molecule has 7 heavy (non-hydrogen) atoms. The lowest BCUT2D eigenvalue weighted by atomic mass is 9.96. The molecule has 0 aromatic heterocycles. The Morgan fingerprint density at radius 2 is 2.57 bits per heavy atom. The van der Waals surface area contributed by atoms with E-state index in [1.165, 1.54) is 0 Å². The van der Waals surface area contributed by atoms with E-state index < -0.39 is 0 Å². The lowest BCUT2D eigenvalue weighted by Gasteiger charge is -2.53. The van der Waals surface area contributed by atoms with Crippen molar-refractivity contribution in [1.29, 1.82) is 0 Å². The average molecular weight is 99.1 g/mol. The van der Waals surface area contributed by atoms with Crippen molar-refractivity contribution in [2.24, 2.45) is 0 Å². The lowest BCUT2D eigenvalue weighted by molar-refractivity contribution is -0.205. The summed E-state index contributed by atoms with van der Waals surface area (Å²) in [5, 5.41) is 0. The molecule has 2 saturated heterocycles. The van der Waals surface area contributed by atoms with Gasteiger partial charge in [0.15, 0.2) is 0 Å². The van der Waals surface area contributed by atoms with Gasteiger partial charge in [0.2, 0.25) is 0 Å². The molecule has 2 nitrogen and oxygen atoms in total. The Kier molecular flexibility index (Phi) is 0.557. The minimum absolute atomic E-state index is 0.616. The molecule has 2 atom stereocenters. The lowest BCUT2D eigenvalue weighted by Crippen LogP contribution is -2.68. The number of morpholine rings is 1. The summed E-state index contributed by atoms with van der Waals surface area (Å²) in [6.45, 7) is 2.13. The predicted octanol–water partition coefficient (Wildman–Crippen LogP) is -0.301. The number of likely N-dealkylation sites (tertiary alicyclic amines) is 1. The highest BCUT2D eigenvalue weighted by molar-refractivity contribution is 4.97. The molecule has 40 valence electrons. The molecule has 1 unspecified atom stereocenters. The Hall–Kier alpha value is -0.0800. The normalized spacial score (nSPS) is 49.3. The molecular formula is C5H9NO. The van der Waals surface area contributed by atoms with E-state index in [-0.39, 0.29) is 0 Å². The summed E-state index contributed by atoms with van der Waals surface area (Å²) in [4.78, 5) is 2.33. The van der Waals surface area contributed by atoms with Gasteiger partial charge in [-0.2, -0.15) is 0 Å². The number of nitrogens with zero attached hydrogens (tertiary/aromatic N) is 1. The molecule has 0 aromatic carbocycles. The molecule has 0 saturated carbocycles. The van der Waals surface area contributed by atoms with Crippen LogP contribution in [0, 0.1) is 0 Å². The maximum atomic E-state index is 5.16. The molecule has 2 heterocycles. The topological polar surface area (TPSA) is 12.5 Å².